The Balaban J connectivity index is 1.76. The number of hydrogen-bond acceptors (Lipinski definition) is 4. The number of hydrogen-bond donors (Lipinski definition) is 1. The summed E-state index contributed by atoms with van der Waals surface area (Å²) in [5.74, 6) is 1.40. The van der Waals surface area contributed by atoms with Gasteiger partial charge in [-0.25, -0.2) is 0 Å². The van der Waals surface area contributed by atoms with E-state index in [0.717, 1.165) is 11.4 Å². The van der Waals surface area contributed by atoms with Crippen LogP contribution >= 0.6 is 0 Å². The lowest BCUT2D eigenvalue weighted by Crippen LogP contribution is -2.05. The number of nitrogens with one attached hydrogen (secondary N) is 1. The maximum atomic E-state index is 5.40. The molecule has 1 N–H and O–H groups in total. The van der Waals surface area contributed by atoms with Crippen LogP contribution in [0, 0.1) is 0 Å². The predicted molar refractivity (Wildman–Crippen MR) is 83.1 cm³/mol. The Morgan fingerprint density at radius 1 is 1.10 bits per heavy atom. The number of fused-ring (bicyclic) bond motifs is 1. The van der Waals surface area contributed by atoms with E-state index < -0.39 is 0 Å². The summed E-state index contributed by atoms with van der Waals surface area (Å²) in [7, 11) is 3.27. The second-order valence-electron chi connectivity index (χ2n) is 5.18. The Hall–Kier alpha value is -2.23. The molecule has 21 heavy (non-hydrogen) atoms. The third-order valence-electron chi connectivity index (χ3n) is 3.92. The van der Waals surface area contributed by atoms with Gasteiger partial charge >= 0.3 is 0 Å². The zero-order valence-corrected chi connectivity index (χ0v) is 12.5. The van der Waals surface area contributed by atoms with Crippen molar-refractivity contribution in [2.45, 2.75) is 25.8 Å². The highest BCUT2D eigenvalue weighted by atomic mass is 16.5. The van der Waals surface area contributed by atoms with Gasteiger partial charge in [0.25, 0.3) is 0 Å². The highest BCUT2D eigenvalue weighted by molar-refractivity contribution is 5.51. The van der Waals surface area contributed by atoms with Crippen molar-refractivity contribution < 1.29 is 9.47 Å². The molecule has 0 radical (unpaired) electrons. The van der Waals surface area contributed by atoms with E-state index in [1.165, 1.54) is 30.4 Å². The van der Waals surface area contributed by atoms with Crippen molar-refractivity contribution in [1.29, 1.82) is 0 Å². The van der Waals surface area contributed by atoms with E-state index in [4.69, 9.17) is 9.47 Å². The van der Waals surface area contributed by atoms with E-state index >= 15 is 0 Å². The lowest BCUT2D eigenvalue weighted by atomic mass is 10.1. The van der Waals surface area contributed by atoms with E-state index in [1.54, 1.807) is 26.5 Å². The Bertz CT molecular complexity index is 641. The van der Waals surface area contributed by atoms with Crippen LogP contribution in [-0.4, -0.2) is 19.2 Å². The van der Waals surface area contributed by atoms with Gasteiger partial charge in [0.2, 0.25) is 0 Å². The molecule has 3 rings (SSSR count). The van der Waals surface area contributed by atoms with Crippen LogP contribution in [0.5, 0.6) is 11.5 Å². The van der Waals surface area contributed by atoms with Gasteiger partial charge in [-0.1, -0.05) is 6.07 Å². The van der Waals surface area contributed by atoms with Crippen molar-refractivity contribution in [3.8, 4) is 11.5 Å². The predicted octanol–water partition coefficient (Wildman–Crippen LogP) is 3.20. The van der Waals surface area contributed by atoms with Gasteiger partial charge in [0.15, 0.2) is 11.5 Å². The van der Waals surface area contributed by atoms with Crippen molar-refractivity contribution in [3.05, 3.63) is 47.3 Å². The molecule has 1 heterocycles. The molecule has 4 nitrogen and oxygen atoms in total. The normalized spacial score (nSPS) is 12.9. The van der Waals surface area contributed by atoms with Crippen LogP contribution in [0.2, 0.25) is 0 Å². The summed E-state index contributed by atoms with van der Waals surface area (Å²) in [6, 6.07) is 8.41. The molecule has 0 bridgehead atoms. The first-order valence-corrected chi connectivity index (χ1v) is 7.23. The smallest absolute Gasteiger partial charge is 0.184 e. The fourth-order valence-corrected chi connectivity index (χ4v) is 2.84. The molecule has 0 saturated carbocycles. The molecule has 1 aromatic heterocycles. The first-order chi connectivity index (χ1) is 10.3. The van der Waals surface area contributed by atoms with Crippen molar-refractivity contribution in [1.82, 2.24) is 4.98 Å². The zero-order chi connectivity index (χ0) is 14.7. The standard InChI is InChI=1S/C17H20N2O2/c1-20-16-8-9-18-15(17(16)21-2)11-19-14-7-6-12-4-3-5-13(12)10-14/h6-10,19H,3-5,11H2,1-2H3. The fraction of sp³-hybridized carbons (Fsp3) is 0.353. The van der Waals surface area contributed by atoms with Crippen molar-refractivity contribution in [3.63, 3.8) is 0 Å². The number of ether oxygens (including phenoxy) is 2. The second-order valence-corrected chi connectivity index (χ2v) is 5.18. The average Bonchev–Trinajstić information content (AvgIpc) is 2.99. The average molecular weight is 284 g/mol. The Labute approximate surface area is 125 Å². The molecule has 2 aromatic rings. The molecular weight excluding hydrogens is 264 g/mol. The number of aromatic nitrogens is 1. The van der Waals surface area contributed by atoms with Gasteiger partial charge in [-0.3, -0.25) is 4.98 Å². The van der Waals surface area contributed by atoms with Crippen molar-refractivity contribution in [2.75, 3.05) is 19.5 Å². The second kappa shape index (κ2) is 6.04. The van der Waals surface area contributed by atoms with Gasteiger partial charge in [0, 0.05) is 18.0 Å². The molecule has 110 valence electrons. The molecule has 1 aliphatic rings. The van der Waals surface area contributed by atoms with Gasteiger partial charge in [0.05, 0.1) is 20.8 Å². The Morgan fingerprint density at radius 3 is 2.76 bits per heavy atom. The van der Waals surface area contributed by atoms with Gasteiger partial charge < -0.3 is 14.8 Å². The molecular formula is C17H20N2O2. The lowest BCUT2D eigenvalue weighted by molar-refractivity contribution is 0.350. The third kappa shape index (κ3) is 2.79. The maximum Gasteiger partial charge on any atom is 0.184 e. The molecule has 4 heteroatoms. The maximum absolute atomic E-state index is 5.40. The van der Waals surface area contributed by atoms with E-state index in [2.05, 4.69) is 28.5 Å². The van der Waals surface area contributed by atoms with Gasteiger partial charge in [-0.15, -0.1) is 0 Å². The largest absolute Gasteiger partial charge is 0.493 e. The highest BCUT2D eigenvalue weighted by Gasteiger charge is 2.13. The summed E-state index contributed by atoms with van der Waals surface area (Å²) in [5.41, 5.74) is 4.92. The molecule has 0 fully saturated rings. The molecule has 0 saturated heterocycles. The number of aryl methyl sites for hydroxylation is 2. The van der Waals surface area contributed by atoms with E-state index in [-0.39, 0.29) is 0 Å². The summed E-state index contributed by atoms with van der Waals surface area (Å²) < 4.78 is 10.7. The topological polar surface area (TPSA) is 43.4 Å². The minimum absolute atomic E-state index is 0.610. The van der Waals surface area contributed by atoms with Gasteiger partial charge in [0.1, 0.15) is 5.69 Å². The van der Waals surface area contributed by atoms with Crippen LogP contribution in [0.25, 0.3) is 0 Å². The van der Waals surface area contributed by atoms with Gasteiger partial charge in [-0.2, -0.15) is 0 Å². The highest BCUT2D eigenvalue weighted by Crippen LogP contribution is 2.30. The number of anilines is 1. The monoisotopic (exact) mass is 284 g/mol. The number of rotatable bonds is 5. The number of methoxy groups -OCH3 is 2. The zero-order valence-electron chi connectivity index (χ0n) is 12.5. The number of pyridine rings is 1. The van der Waals surface area contributed by atoms with Crippen LogP contribution in [0.4, 0.5) is 5.69 Å². The third-order valence-corrected chi connectivity index (χ3v) is 3.92. The summed E-state index contributed by atoms with van der Waals surface area (Å²) in [6.45, 7) is 0.610. The summed E-state index contributed by atoms with van der Waals surface area (Å²) >= 11 is 0. The van der Waals surface area contributed by atoms with E-state index in [0.29, 0.717) is 18.0 Å². The molecule has 0 unspecified atom stereocenters. The molecule has 1 aromatic carbocycles. The van der Waals surface area contributed by atoms with Crippen molar-refractivity contribution in [2.24, 2.45) is 0 Å². The lowest BCUT2D eigenvalue weighted by Gasteiger charge is -2.13. The van der Waals surface area contributed by atoms with Crippen LogP contribution in [0.3, 0.4) is 0 Å². The molecule has 1 aliphatic carbocycles. The quantitative estimate of drug-likeness (QED) is 0.915. The van der Waals surface area contributed by atoms with E-state index in [1.807, 2.05) is 0 Å². The minimum Gasteiger partial charge on any atom is -0.493 e. The molecule has 0 atom stereocenters. The van der Waals surface area contributed by atoms with E-state index in [9.17, 15) is 0 Å². The molecule has 0 aliphatic heterocycles. The fourth-order valence-electron chi connectivity index (χ4n) is 2.84. The Kier molecular flexibility index (Phi) is 3.95. The minimum atomic E-state index is 0.610. The van der Waals surface area contributed by atoms with Crippen LogP contribution in [0.1, 0.15) is 23.2 Å². The summed E-state index contributed by atoms with van der Waals surface area (Å²) in [5, 5.41) is 3.42. The SMILES string of the molecule is COc1ccnc(CNc2ccc3c(c2)CCC3)c1OC. The molecule has 0 amide bonds. The number of benzene rings is 1. The van der Waals surface area contributed by atoms with Crippen LogP contribution in [-0.2, 0) is 19.4 Å². The first kappa shape index (κ1) is 13.7. The van der Waals surface area contributed by atoms with Gasteiger partial charge in [-0.05, 0) is 42.5 Å². The summed E-state index contributed by atoms with van der Waals surface area (Å²) in [6.07, 6.45) is 5.40. The summed E-state index contributed by atoms with van der Waals surface area (Å²) in [4.78, 5) is 4.38. The van der Waals surface area contributed by atoms with Crippen molar-refractivity contribution >= 4 is 5.69 Å². The van der Waals surface area contributed by atoms with Crippen LogP contribution in [0.15, 0.2) is 30.5 Å². The number of nitrogens with zero attached hydrogens (tertiary/aromatic N) is 1. The first-order valence-electron chi connectivity index (χ1n) is 7.23. The Morgan fingerprint density at radius 2 is 1.95 bits per heavy atom. The van der Waals surface area contributed by atoms with Crippen LogP contribution < -0.4 is 14.8 Å². The molecule has 0 spiro atoms.